The molecule has 0 aromatic rings. The molecule has 2 nitrogen and oxygen atoms in total. The van der Waals surface area contributed by atoms with Gasteiger partial charge in [0.25, 0.3) is 0 Å². The Bertz CT molecular complexity index is 322. The maximum atomic E-state index is 4.14. The minimum absolute atomic E-state index is 0.819. The van der Waals surface area contributed by atoms with Crippen LogP contribution in [0.15, 0.2) is 41.1 Å². The SMILES string of the molecule is C=C(C=C(C)C(=C)N(C)CC(C)=NC)CC. The summed E-state index contributed by atoms with van der Waals surface area (Å²) >= 11 is 0. The van der Waals surface area contributed by atoms with Gasteiger partial charge in [-0.2, -0.15) is 0 Å². The number of hydrogen-bond acceptors (Lipinski definition) is 2. The monoisotopic (exact) mass is 220 g/mol. The van der Waals surface area contributed by atoms with E-state index in [9.17, 15) is 0 Å². The molecular formula is C14H24N2. The molecule has 2 heteroatoms. The molecule has 0 amide bonds. The maximum absolute atomic E-state index is 4.14. The predicted molar refractivity (Wildman–Crippen MR) is 74.0 cm³/mol. The molecule has 0 fully saturated rings. The molecule has 0 aliphatic rings. The fourth-order valence-electron chi connectivity index (χ4n) is 1.30. The highest BCUT2D eigenvalue weighted by Crippen LogP contribution is 2.14. The fraction of sp³-hybridized carbons (Fsp3) is 0.500. The topological polar surface area (TPSA) is 15.6 Å². The first kappa shape index (κ1) is 14.7. The summed E-state index contributed by atoms with van der Waals surface area (Å²) < 4.78 is 0. The van der Waals surface area contributed by atoms with Crippen molar-refractivity contribution in [1.82, 2.24) is 4.90 Å². The molecule has 90 valence electrons. The zero-order chi connectivity index (χ0) is 12.7. The summed E-state index contributed by atoms with van der Waals surface area (Å²) in [6.07, 6.45) is 3.07. The van der Waals surface area contributed by atoms with Gasteiger partial charge in [-0.25, -0.2) is 0 Å². The molecule has 0 spiro atoms. The Balaban J connectivity index is 4.55. The molecule has 0 saturated carbocycles. The molecule has 0 atom stereocenters. The van der Waals surface area contributed by atoms with Gasteiger partial charge in [-0.3, -0.25) is 4.99 Å². The Labute approximate surface area is 100 Å². The van der Waals surface area contributed by atoms with Gasteiger partial charge in [-0.05, 0) is 25.8 Å². The van der Waals surface area contributed by atoms with E-state index in [1.807, 2.05) is 21.0 Å². The molecule has 0 aliphatic carbocycles. The van der Waals surface area contributed by atoms with Gasteiger partial charge in [0.15, 0.2) is 0 Å². The van der Waals surface area contributed by atoms with E-state index in [1.165, 1.54) is 5.57 Å². The van der Waals surface area contributed by atoms with Crippen molar-refractivity contribution in [2.75, 3.05) is 20.6 Å². The zero-order valence-electron chi connectivity index (χ0n) is 11.3. The molecule has 0 unspecified atom stereocenters. The van der Waals surface area contributed by atoms with Crippen LogP contribution in [0.25, 0.3) is 0 Å². The fourth-order valence-corrected chi connectivity index (χ4v) is 1.30. The molecular weight excluding hydrogens is 196 g/mol. The van der Waals surface area contributed by atoms with Crippen molar-refractivity contribution in [3.8, 4) is 0 Å². The van der Waals surface area contributed by atoms with Crippen LogP contribution in [0.3, 0.4) is 0 Å². The van der Waals surface area contributed by atoms with Crippen molar-refractivity contribution < 1.29 is 0 Å². The second-order valence-electron chi connectivity index (χ2n) is 4.10. The summed E-state index contributed by atoms with van der Waals surface area (Å²) in [5.74, 6) is 0. The minimum atomic E-state index is 0.819. The molecule has 0 aromatic carbocycles. The Morgan fingerprint density at radius 2 is 1.88 bits per heavy atom. The normalized spacial score (nSPS) is 12.6. The van der Waals surface area contributed by atoms with Gasteiger partial charge in [0, 0.05) is 25.5 Å². The lowest BCUT2D eigenvalue weighted by Gasteiger charge is -2.22. The smallest absolute Gasteiger partial charge is 0.0551 e. The Morgan fingerprint density at radius 3 is 2.31 bits per heavy atom. The zero-order valence-corrected chi connectivity index (χ0v) is 11.3. The number of nitrogens with zero attached hydrogens (tertiary/aromatic N) is 2. The molecule has 0 aliphatic heterocycles. The van der Waals surface area contributed by atoms with E-state index in [-0.39, 0.29) is 0 Å². The first-order valence-electron chi connectivity index (χ1n) is 5.61. The lowest BCUT2D eigenvalue weighted by molar-refractivity contribution is 0.487. The first-order chi connectivity index (χ1) is 7.42. The lowest BCUT2D eigenvalue weighted by Crippen LogP contribution is -2.24. The van der Waals surface area contributed by atoms with E-state index in [1.54, 1.807) is 0 Å². The number of rotatable bonds is 6. The van der Waals surface area contributed by atoms with Crippen LogP contribution >= 0.6 is 0 Å². The van der Waals surface area contributed by atoms with Crippen molar-refractivity contribution in [2.24, 2.45) is 4.99 Å². The lowest BCUT2D eigenvalue weighted by atomic mass is 10.1. The highest BCUT2D eigenvalue weighted by molar-refractivity contribution is 5.84. The van der Waals surface area contributed by atoms with Gasteiger partial charge < -0.3 is 4.90 Å². The molecule has 16 heavy (non-hydrogen) atoms. The molecule has 0 bridgehead atoms. The summed E-state index contributed by atoms with van der Waals surface area (Å²) in [4.78, 5) is 6.25. The first-order valence-corrected chi connectivity index (χ1v) is 5.61. The molecule has 0 aromatic heterocycles. The third-order valence-corrected chi connectivity index (χ3v) is 2.64. The average molecular weight is 220 g/mol. The van der Waals surface area contributed by atoms with Gasteiger partial charge in [-0.1, -0.05) is 31.7 Å². The van der Waals surface area contributed by atoms with E-state index in [2.05, 4.69) is 43.0 Å². The van der Waals surface area contributed by atoms with E-state index >= 15 is 0 Å². The van der Waals surface area contributed by atoms with Gasteiger partial charge >= 0.3 is 0 Å². The van der Waals surface area contributed by atoms with Crippen molar-refractivity contribution in [3.05, 3.63) is 36.1 Å². The van der Waals surface area contributed by atoms with E-state index in [4.69, 9.17) is 0 Å². The van der Waals surface area contributed by atoms with Crippen LogP contribution in [-0.2, 0) is 0 Å². The van der Waals surface area contributed by atoms with Gasteiger partial charge in [0.2, 0.25) is 0 Å². The quantitative estimate of drug-likeness (QED) is 0.494. The largest absolute Gasteiger partial charge is 0.369 e. The summed E-state index contributed by atoms with van der Waals surface area (Å²) in [7, 11) is 3.84. The second-order valence-corrected chi connectivity index (χ2v) is 4.10. The average Bonchev–Trinajstić information content (AvgIpc) is 2.27. The van der Waals surface area contributed by atoms with E-state index in [0.717, 1.165) is 29.9 Å². The summed E-state index contributed by atoms with van der Waals surface area (Å²) in [6, 6.07) is 0. The van der Waals surface area contributed by atoms with Gasteiger partial charge in [0.1, 0.15) is 0 Å². The predicted octanol–water partition coefficient (Wildman–Crippen LogP) is 3.44. The number of aliphatic imine (C=N–C) groups is 1. The van der Waals surface area contributed by atoms with Crippen molar-refractivity contribution in [1.29, 1.82) is 0 Å². The van der Waals surface area contributed by atoms with Crippen LogP contribution in [0.5, 0.6) is 0 Å². The molecule has 0 rings (SSSR count). The van der Waals surface area contributed by atoms with Crippen LogP contribution < -0.4 is 0 Å². The number of allylic oxidation sites excluding steroid dienone is 3. The van der Waals surface area contributed by atoms with E-state index in [0.29, 0.717) is 0 Å². The Kier molecular flexibility index (Phi) is 6.47. The standard InChI is InChI=1S/C14H24N2/c1-8-11(2)9-12(3)14(5)16(7)10-13(4)15-6/h9H,2,5,8,10H2,1,3-4,6-7H3. The molecule has 0 N–H and O–H groups in total. The summed E-state index contributed by atoms with van der Waals surface area (Å²) in [5, 5.41) is 0. The minimum Gasteiger partial charge on any atom is -0.369 e. The molecule has 0 heterocycles. The van der Waals surface area contributed by atoms with Gasteiger partial charge in [0.05, 0.1) is 6.54 Å². The third kappa shape index (κ3) is 4.96. The summed E-state index contributed by atoms with van der Waals surface area (Å²) in [6.45, 7) is 15.1. The third-order valence-electron chi connectivity index (χ3n) is 2.64. The van der Waals surface area contributed by atoms with Crippen LogP contribution in [0, 0.1) is 0 Å². The van der Waals surface area contributed by atoms with Crippen LogP contribution in [0.4, 0.5) is 0 Å². The van der Waals surface area contributed by atoms with Gasteiger partial charge in [-0.15, -0.1) is 0 Å². The Morgan fingerprint density at radius 1 is 1.31 bits per heavy atom. The molecule has 0 radical (unpaired) electrons. The van der Waals surface area contributed by atoms with E-state index < -0.39 is 0 Å². The highest BCUT2D eigenvalue weighted by atomic mass is 15.1. The maximum Gasteiger partial charge on any atom is 0.0551 e. The molecule has 0 saturated heterocycles. The van der Waals surface area contributed by atoms with Crippen LogP contribution in [0.2, 0.25) is 0 Å². The van der Waals surface area contributed by atoms with Crippen LogP contribution in [-0.4, -0.2) is 31.3 Å². The van der Waals surface area contributed by atoms with Crippen molar-refractivity contribution in [3.63, 3.8) is 0 Å². The number of hydrogen-bond donors (Lipinski definition) is 0. The number of likely N-dealkylation sites (N-methyl/N-ethyl adjacent to an activating group) is 1. The Hall–Kier alpha value is -1.31. The second kappa shape index (κ2) is 7.04. The van der Waals surface area contributed by atoms with Crippen molar-refractivity contribution in [2.45, 2.75) is 27.2 Å². The summed E-state index contributed by atoms with van der Waals surface area (Å²) in [5.41, 5.74) is 4.43. The van der Waals surface area contributed by atoms with Crippen molar-refractivity contribution >= 4 is 5.71 Å². The highest BCUT2D eigenvalue weighted by Gasteiger charge is 2.05. The van der Waals surface area contributed by atoms with Crippen LogP contribution in [0.1, 0.15) is 27.2 Å².